The first-order valence-electron chi connectivity index (χ1n) is 6.29. The van der Waals surface area contributed by atoms with E-state index in [1.54, 1.807) is 12.1 Å². The van der Waals surface area contributed by atoms with Crippen molar-refractivity contribution in [1.29, 1.82) is 0 Å². The van der Waals surface area contributed by atoms with E-state index in [1.807, 2.05) is 25.2 Å². The number of nitrogens with zero attached hydrogens (tertiary/aromatic N) is 1. The molecule has 2 aromatic rings. The lowest BCUT2D eigenvalue weighted by atomic mass is 9.80. The molecule has 0 unspecified atom stereocenters. The highest BCUT2D eigenvalue weighted by molar-refractivity contribution is 6.58. The van der Waals surface area contributed by atoms with Crippen LogP contribution in [-0.4, -0.2) is 24.2 Å². The highest BCUT2D eigenvalue weighted by Gasteiger charge is 2.10. The van der Waals surface area contributed by atoms with Gasteiger partial charge in [-0.3, -0.25) is 0 Å². The first kappa shape index (κ1) is 13.7. The van der Waals surface area contributed by atoms with Crippen molar-refractivity contribution in [2.45, 2.75) is 13.5 Å². The van der Waals surface area contributed by atoms with E-state index in [-0.39, 0.29) is 0 Å². The molecule has 0 aliphatic heterocycles. The molecule has 2 N–H and O–H groups in total. The Kier molecular flexibility index (Phi) is 4.25. The van der Waals surface area contributed by atoms with Crippen molar-refractivity contribution in [2.75, 3.05) is 11.9 Å². The molecule has 98 valence electrons. The largest absolute Gasteiger partial charge is 0.488 e. The second-order valence-electron chi connectivity index (χ2n) is 4.81. The van der Waals surface area contributed by atoms with Gasteiger partial charge >= 0.3 is 7.12 Å². The average Bonchev–Trinajstić information content (AvgIpc) is 2.39. The molecule has 4 heteroatoms. The maximum atomic E-state index is 9.05. The van der Waals surface area contributed by atoms with Gasteiger partial charge in [-0.2, -0.15) is 0 Å². The third-order valence-electron chi connectivity index (χ3n) is 3.14. The van der Waals surface area contributed by atoms with Gasteiger partial charge in [-0.1, -0.05) is 36.4 Å². The summed E-state index contributed by atoms with van der Waals surface area (Å²) in [5.74, 6) is 0. The van der Waals surface area contributed by atoms with Crippen LogP contribution in [0.15, 0.2) is 48.5 Å². The molecule has 3 nitrogen and oxygen atoms in total. The Bertz CT molecular complexity index is 540. The Morgan fingerprint density at radius 1 is 1.05 bits per heavy atom. The molecule has 0 aromatic heterocycles. The normalized spacial score (nSPS) is 10.3. The van der Waals surface area contributed by atoms with Crippen LogP contribution in [0.5, 0.6) is 0 Å². The zero-order valence-electron chi connectivity index (χ0n) is 11.2. The van der Waals surface area contributed by atoms with Gasteiger partial charge in [0.15, 0.2) is 0 Å². The van der Waals surface area contributed by atoms with Crippen molar-refractivity contribution in [3.63, 3.8) is 0 Å². The second kappa shape index (κ2) is 5.91. The van der Waals surface area contributed by atoms with Crippen molar-refractivity contribution in [2.24, 2.45) is 0 Å². The smallest absolute Gasteiger partial charge is 0.423 e. The molecule has 0 aliphatic carbocycles. The topological polar surface area (TPSA) is 43.7 Å². The van der Waals surface area contributed by atoms with E-state index in [4.69, 9.17) is 10.0 Å². The highest BCUT2D eigenvalue weighted by Crippen LogP contribution is 2.16. The van der Waals surface area contributed by atoms with E-state index in [0.29, 0.717) is 5.46 Å². The van der Waals surface area contributed by atoms with Crippen molar-refractivity contribution in [3.8, 4) is 0 Å². The summed E-state index contributed by atoms with van der Waals surface area (Å²) in [4.78, 5) is 2.16. The third kappa shape index (κ3) is 3.59. The lowest BCUT2D eigenvalue weighted by Gasteiger charge is -2.20. The minimum atomic E-state index is -1.40. The van der Waals surface area contributed by atoms with Gasteiger partial charge in [-0.15, -0.1) is 0 Å². The maximum absolute atomic E-state index is 9.05. The molecule has 0 heterocycles. The zero-order valence-corrected chi connectivity index (χ0v) is 11.2. The fraction of sp³-hybridized carbons (Fsp3) is 0.200. The van der Waals surface area contributed by atoms with Crippen molar-refractivity contribution in [3.05, 3.63) is 59.7 Å². The SMILES string of the molecule is Cc1cccc(N(C)Cc2ccc(B(O)O)cc2)c1. The molecule has 0 spiro atoms. The quantitative estimate of drug-likeness (QED) is 0.809. The lowest BCUT2D eigenvalue weighted by molar-refractivity contribution is 0.426. The van der Waals surface area contributed by atoms with Gasteiger partial charge in [0.25, 0.3) is 0 Å². The van der Waals surface area contributed by atoms with Gasteiger partial charge in [0.05, 0.1) is 0 Å². The number of benzene rings is 2. The fourth-order valence-electron chi connectivity index (χ4n) is 2.03. The molecule has 0 atom stereocenters. The zero-order chi connectivity index (χ0) is 13.8. The summed E-state index contributed by atoms with van der Waals surface area (Å²) in [5.41, 5.74) is 4.06. The van der Waals surface area contributed by atoms with E-state index in [1.165, 1.54) is 11.3 Å². The van der Waals surface area contributed by atoms with Crippen LogP contribution in [0.4, 0.5) is 5.69 Å². The van der Waals surface area contributed by atoms with Crippen LogP contribution in [0.1, 0.15) is 11.1 Å². The predicted octanol–water partition coefficient (Wildman–Crippen LogP) is 1.31. The summed E-state index contributed by atoms with van der Waals surface area (Å²) < 4.78 is 0. The highest BCUT2D eigenvalue weighted by atomic mass is 16.4. The van der Waals surface area contributed by atoms with E-state index in [2.05, 4.69) is 30.0 Å². The van der Waals surface area contributed by atoms with Gasteiger partial charge in [0.1, 0.15) is 0 Å². The Morgan fingerprint density at radius 2 is 1.74 bits per heavy atom. The molecular weight excluding hydrogens is 237 g/mol. The van der Waals surface area contributed by atoms with Gasteiger partial charge in [0, 0.05) is 19.3 Å². The number of anilines is 1. The average molecular weight is 255 g/mol. The monoisotopic (exact) mass is 255 g/mol. The molecule has 0 radical (unpaired) electrons. The van der Waals surface area contributed by atoms with Crippen molar-refractivity contribution in [1.82, 2.24) is 0 Å². The minimum Gasteiger partial charge on any atom is -0.423 e. The molecule has 0 amide bonds. The van der Waals surface area contributed by atoms with Crippen LogP contribution in [-0.2, 0) is 6.54 Å². The Morgan fingerprint density at radius 3 is 2.32 bits per heavy atom. The maximum Gasteiger partial charge on any atom is 0.488 e. The first-order valence-corrected chi connectivity index (χ1v) is 6.29. The standard InChI is InChI=1S/C15H18BNO2/c1-12-4-3-5-15(10-12)17(2)11-13-6-8-14(9-7-13)16(18)19/h3-10,18-19H,11H2,1-2H3. The molecule has 0 aliphatic rings. The third-order valence-corrected chi connectivity index (χ3v) is 3.14. The summed E-state index contributed by atoms with van der Waals surface area (Å²) in [6.45, 7) is 2.86. The van der Waals surface area contributed by atoms with Crippen LogP contribution in [0, 0.1) is 6.92 Å². The Balaban J connectivity index is 2.08. The molecule has 2 aromatic carbocycles. The number of rotatable bonds is 4. The molecule has 0 bridgehead atoms. The van der Waals surface area contributed by atoms with Gasteiger partial charge in [0.2, 0.25) is 0 Å². The van der Waals surface area contributed by atoms with Gasteiger partial charge in [-0.25, -0.2) is 0 Å². The van der Waals surface area contributed by atoms with Crippen LogP contribution in [0.25, 0.3) is 0 Å². The second-order valence-corrected chi connectivity index (χ2v) is 4.81. The summed E-state index contributed by atoms with van der Waals surface area (Å²) in [6, 6.07) is 15.7. The van der Waals surface area contributed by atoms with Crippen LogP contribution < -0.4 is 10.4 Å². The van der Waals surface area contributed by atoms with E-state index in [0.717, 1.165) is 12.1 Å². The Hall–Kier alpha value is -1.78. The molecule has 0 saturated carbocycles. The predicted molar refractivity (Wildman–Crippen MR) is 79.6 cm³/mol. The van der Waals surface area contributed by atoms with Crippen molar-refractivity contribution >= 4 is 18.3 Å². The van der Waals surface area contributed by atoms with Gasteiger partial charge in [-0.05, 0) is 35.6 Å². The summed E-state index contributed by atoms with van der Waals surface area (Å²) >= 11 is 0. The molecule has 19 heavy (non-hydrogen) atoms. The van der Waals surface area contributed by atoms with Crippen LogP contribution >= 0.6 is 0 Å². The minimum absolute atomic E-state index is 0.516. The van der Waals surface area contributed by atoms with Gasteiger partial charge < -0.3 is 14.9 Å². The van der Waals surface area contributed by atoms with Crippen molar-refractivity contribution < 1.29 is 10.0 Å². The van der Waals surface area contributed by atoms with E-state index >= 15 is 0 Å². The van der Waals surface area contributed by atoms with Crippen LogP contribution in [0.2, 0.25) is 0 Å². The molecule has 0 saturated heterocycles. The fourth-order valence-corrected chi connectivity index (χ4v) is 2.03. The van der Waals surface area contributed by atoms with E-state index < -0.39 is 7.12 Å². The Labute approximate surface area is 114 Å². The number of hydrogen-bond donors (Lipinski definition) is 2. The summed E-state index contributed by atoms with van der Waals surface area (Å²) in [7, 11) is 0.646. The first-order chi connectivity index (χ1) is 9.06. The molecular formula is C15H18BNO2. The summed E-state index contributed by atoms with van der Waals surface area (Å²) in [6.07, 6.45) is 0. The van der Waals surface area contributed by atoms with Crippen LogP contribution in [0.3, 0.4) is 0 Å². The lowest BCUT2D eigenvalue weighted by Crippen LogP contribution is -2.29. The number of aryl methyl sites for hydroxylation is 1. The number of hydrogen-bond acceptors (Lipinski definition) is 3. The van der Waals surface area contributed by atoms with E-state index in [9.17, 15) is 0 Å². The summed E-state index contributed by atoms with van der Waals surface area (Å²) in [5, 5.41) is 18.1. The molecule has 0 fully saturated rings. The molecule has 2 rings (SSSR count).